The quantitative estimate of drug-likeness (QED) is 0.338. The first-order valence-electron chi connectivity index (χ1n) is 11.5. The molecule has 4 aromatic rings. The van der Waals surface area contributed by atoms with Crippen LogP contribution in [-0.2, 0) is 0 Å². The van der Waals surface area contributed by atoms with Crippen LogP contribution in [0.25, 0.3) is 11.0 Å². The van der Waals surface area contributed by atoms with Crippen molar-refractivity contribution in [3.05, 3.63) is 87.7 Å². The molecule has 0 bridgehead atoms. The largest absolute Gasteiger partial charge is 0.481 e. The molecule has 9 heteroatoms. The van der Waals surface area contributed by atoms with Gasteiger partial charge in [0.1, 0.15) is 11.2 Å². The molecule has 0 radical (unpaired) electrons. The van der Waals surface area contributed by atoms with Gasteiger partial charge in [0.15, 0.2) is 0 Å². The van der Waals surface area contributed by atoms with Crippen LogP contribution in [0.2, 0.25) is 0 Å². The topological polar surface area (TPSA) is 130 Å². The third kappa shape index (κ3) is 5.05. The molecule has 0 fully saturated rings. The summed E-state index contributed by atoms with van der Waals surface area (Å²) < 4.78 is 5.08. The van der Waals surface area contributed by atoms with Crippen LogP contribution in [0.1, 0.15) is 39.6 Å². The van der Waals surface area contributed by atoms with E-state index < -0.39 is 11.5 Å². The summed E-state index contributed by atoms with van der Waals surface area (Å²) in [4.78, 5) is 47.5. The van der Waals surface area contributed by atoms with E-state index in [2.05, 4.69) is 15.3 Å². The third-order valence-electron chi connectivity index (χ3n) is 5.74. The molecular formula is C27H27N5O4. The Morgan fingerprint density at radius 1 is 1.11 bits per heavy atom. The maximum atomic E-state index is 13.4. The Kier molecular flexibility index (Phi) is 7.00. The van der Waals surface area contributed by atoms with Crippen LogP contribution in [0.5, 0.6) is 5.88 Å². The van der Waals surface area contributed by atoms with Gasteiger partial charge in [-0.3, -0.25) is 14.4 Å². The van der Waals surface area contributed by atoms with Gasteiger partial charge < -0.3 is 25.7 Å². The van der Waals surface area contributed by atoms with E-state index in [0.29, 0.717) is 46.1 Å². The number of fused-ring (bicyclic) bond motifs is 1. The summed E-state index contributed by atoms with van der Waals surface area (Å²) >= 11 is 0. The molecule has 2 aromatic heterocycles. The smallest absolute Gasteiger partial charge is 0.262 e. The van der Waals surface area contributed by atoms with Gasteiger partial charge in [-0.25, -0.2) is 0 Å². The van der Waals surface area contributed by atoms with Gasteiger partial charge in [-0.2, -0.15) is 4.98 Å². The van der Waals surface area contributed by atoms with Crippen molar-refractivity contribution in [1.82, 2.24) is 9.97 Å². The van der Waals surface area contributed by atoms with Crippen LogP contribution in [-0.4, -0.2) is 35.4 Å². The first-order chi connectivity index (χ1) is 17.3. The van der Waals surface area contributed by atoms with Crippen molar-refractivity contribution in [2.45, 2.75) is 20.3 Å². The SMILES string of the molecule is CCCN(C(=O)c1ccc(C)c(NC(=O)c2cc3ccc(OC)nc3[nH]c2=O)c1)c1cccc(N)c1. The summed E-state index contributed by atoms with van der Waals surface area (Å²) in [5.74, 6) is -0.466. The fraction of sp³-hybridized carbons (Fsp3) is 0.185. The molecule has 2 aromatic carbocycles. The average Bonchev–Trinajstić information content (AvgIpc) is 2.87. The highest BCUT2D eigenvalue weighted by atomic mass is 16.5. The number of anilines is 3. The van der Waals surface area contributed by atoms with Crippen LogP contribution in [0.3, 0.4) is 0 Å². The van der Waals surface area contributed by atoms with Crippen molar-refractivity contribution in [3.8, 4) is 5.88 Å². The van der Waals surface area contributed by atoms with Crippen molar-refractivity contribution < 1.29 is 14.3 Å². The molecular weight excluding hydrogens is 458 g/mol. The van der Waals surface area contributed by atoms with Gasteiger partial charge in [-0.1, -0.05) is 19.1 Å². The second kappa shape index (κ2) is 10.3. The van der Waals surface area contributed by atoms with Crippen LogP contribution in [0, 0.1) is 6.92 Å². The molecule has 184 valence electrons. The number of nitrogens with one attached hydrogen (secondary N) is 2. The minimum absolute atomic E-state index is 0.0713. The molecule has 0 saturated heterocycles. The lowest BCUT2D eigenvalue weighted by Crippen LogP contribution is -2.32. The van der Waals surface area contributed by atoms with Crippen molar-refractivity contribution in [2.24, 2.45) is 0 Å². The number of H-pyrrole nitrogens is 1. The molecule has 2 amide bonds. The molecule has 0 unspecified atom stereocenters. The minimum Gasteiger partial charge on any atom is -0.481 e. The van der Waals surface area contributed by atoms with E-state index in [-0.39, 0.29) is 11.5 Å². The lowest BCUT2D eigenvalue weighted by molar-refractivity contribution is 0.0984. The highest BCUT2D eigenvalue weighted by molar-refractivity contribution is 6.09. The lowest BCUT2D eigenvalue weighted by atomic mass is 10.1. The Bertz CT molecular complexity index is 1510. The van der Waals surface area contributed by atoms with E-state index in [9.17, 15) is 14.4 Å². The van der Waals surface area contributed by atoms with E-state index in [1.165, 1.54) is 13.2 Å². The number of nitrogens with two attached hydrogens (primary N) is 1. The van der Waals surface area contributed by atoms with Gasteiger partial charge in [0.25, 0.3) is 17.4 Å². The first-order valence-corrected chi connectivity index (χ1v) is 11.5. The number of nitrogen functional groups attached to an aromatic ring is 1. The van der Waals surface area contributed by atoms with E-state index >= 15 is 0 Å². The number of amides is 2. The van der Waals surface area contributed by atoms with E-state index in [0.717, 1.165) is 12.0 Å². The number of aromatic amines is 1. The zero-order valence-electron chi connectivity index (χ0n) is 20.3. The van der Waals surface area contributed by atoms with Crippen LogP contribution in [0.4, 0.5) is 17.1 Å². The van der Waals surface area contributed by atoms with Crippen molar-refractivity contribution in [1.29, 1.82) is 0 Å². The van der Waals surface area contributed by atoms with Gasteiger partial charge in [0.2, 0.25) is 5.88 Å². The van der Waals surface area contributed by atoms with Crippen molar-refractivity contribution >= 4 is 39.9 Å². The third-order valence-corrected chi connectivity index (χ3v) is 5.74. The number of aryl methyl sites for hydroxylation is 1. The van der Waals surface area contributed by atoms with Crippen molar-refractivity contribution in [2.75, 3.05) is 29.6 Å². The number of pyridine rings is 2. The zero-order chi connectivity index (χ0) is 25.8. The average molecular weight is 486 g/mol. The summed E-state index contributed by atoms with van der Waals surface area (Å²) in [6.45, 7) is 4.30. The predicted molar refractivity (Wildman–Crippen MR) is 141 cm³/mol. The van der Waals surface area contributed by atoms with Crippen molar-refractivity contribution in [3.63, 3.8) is 0 Å². The Balaban J connectivity index is 1.63. The second-order valence-electron chi connectivity index (χ2n) is 8.34. The molecule has 0 aliphatic carbocycles. The molecule has 0 aliphatic rings. The molecule has 9 nitrogen and oxygen atoms in total. The maximum absolute atomic E-state index is 13.4. The number of aromatic nitrogens is 2. The van der Waals surface area contributed by atoms with Gasteiger partial charge in [-0.15, -0.1) is 0 Å². The number of nitrogens with zero attached hydrogens (tertiary/aromatic N) is 2. The summed E-state index contributed by atoms with van der Waals surface area (Å²) in [7, 11) is 1.48. The Morgan fingerprint density at radius 3 is 2.64 bits per heavy atom. The number of ether oxygens (including phenoxy) is 1. The normalized spacial score (nSPS) is 10.8. The van der Waals surface area contributed by atoms with E-state index in [4.69, 9.17) is 10.5 Å². The first kappa shape index (κ1) is 24.5. The molecule has 0 saturated carbocycles. The number of carbonyl (C=O) groups excluding carboxylic acids is 2. The number of rotatable bonds is 7. The monoisotopic (exact) mass is 485 g/mol. The van der Waals surface area contributed by atoms with E-state index in [1.54, 1.807) is 53.4 Å². The highest BCUT2D eigenvalue weighted by Gasteiger charge is 2.20. The number of methoxy groups -OCH3 is 1. The molecule has 0 atom stereocenters. The fourth-order valence-electron chi connectivity index (χ4n) is 3.85. The zero-order valence-corrected chi connectivity index (χ0v) is 20.3. The highest BCUT2D eigenvalue weighted by Crippen LogP contribution is 2.24. The van der Waals surface area contributed by atoms with Crippen LogP contribution < -0.4 is 26.2 Å². The molecule has 2 heterocycles. The van der Waals surface area contributed by atoms with Gasteiger partial charge in [-0.05, 0) is 61.4 Å². The van der Waals surface area contributed by atoms with Gasteiger partial charge in [0.05, 0.1) is 7.11 Å². The summed E-state index contributed by atoms with van der Waals surface area (Å²) in [5.41, 5.74) is 8.42. The molecule has 0 spiro atoms. The number of benzene rings is 2. The molecule has 4 N–H and O–H groups in total. The molecule has 0 aliphatic heterocycles. The Hall–Kier alpha value is -4.66. The second-order valence-corrected chi connectivity index (χ2v) is 8.34. The van der Waals surface area contributed by atoms with Gasteiger partial charge in [0, 0.05) is 40.6 Å². The van der Waals surface area contributed by atoms with Gasteiger partial charge >= 0.3 is 0 Å². The van der Waals surface area contributed by atoms with E-state index in [1.807, 2.05) is 19.9 Å². The van der Waals surface area contributed by atoms with Crippen LogP contribution >= 0.6 is 0 Å². The summed E-state index contributed by atoms with van der Waals surface area (Å²) in [6, 6.07) is 17.1. The number of carbonyl (C=O) groups is 2. The summed E-state index contributed by atoms with van der Waals surface area (Å²) in [5, 5.41) is 3.36. The van der Waals surface area contributed by atoms with Crippen LogP contribution in [0.15, 0.2) is 65.5 Å². The predicted octanol–water partition coefficient (Wildman–Crippen LogP) is 4.13. The Morgan fingerprint density at radius 2 is 1.92 bits per heavy atom. The summed E-state index contributed by atoms with van der Waals surface area (Å²) in [6.07, 6.45) is 0.751. The Labute approximate surface area is 207 Å². The standard InChI is InChI=1S/C27H27N5O4/c1-4-12-32(20-7-5-6-19(28)15-20)27(35)18-9-8-16(2)22(14-18)29-25(33)21-13-17-10-11-23(36-3)30-24(17)31-26(21)34/h5-11,13-15H,4,12,28H2,1-3H3,(H,29,33)(H,30,31,34). The number of hydrogen-bond donors (Lipinski definition) is 3. The maximum Gasteiger partial charge on any atom is 0.262 e. The molecule has 36 heavy (non-hydrogen) atoms. The molecule has 4 rings (SSSR count). The minimum atomic E-state index is -0.595. The fourth-order valence-corrected chi connectivity index (χ4v) is 3.85. The lowest BCUT2D eigenvalue weighted by Gasteiger charge is -2.23. The number of hydrogen-bond acceptors (Lipinski definition) is 6.